The van der Waals surface area contributed by atoms with Crippen LogP contribution in [0.2, 0.25) is 0 Å². The third-order valence-corrected chi connectivity index (χ3v) is 10.0. The number of hydrogen-bond donors (Lipinski definition) is 0. The third kappa shape index (κ3) is 4.42. The highest BCUT2D eigenvalue weighted by atomic mass is 15.3. The van der Waals surface area contributed by atoms with Gasteiger partial charge in [-0.1, -0.05) is 138 Å². The van der Waals surface area contributed by atoms with Gasteiger partial charge < -0.3 is 9.80 Å². The van der Waals surface area contributed by atoms with E-state index in [0.29, 0.717) is 0 Å². The summed E-state index contributed by atoms with van der Waals surface area (Å²) in [6.45, 7) is 0.136. The Hall–Kier alpha value is -6.39. The summed E-state index contributed by atoms with van der Waals surface area (Å²) in [5.74, 6) is 0. The Labute approximate surface area is 286 Å². The first-order valence-corrected chi connectivity index (χ1v) is 16.8. The quantitative estimate of drug-likeness (QED) is 0.182. The van der Waals surface area contributed by atoms with Gasteiger partial charge in [0.15, 0.2) is 0 Å². The van der Waals surface area contributed by atoms with Crippen molar-refractivity contribution in [1.29, 1.82) is 0 Å². The zero-order valence-electron chi connectivity index (χ0n) is 26.7. The normalized spacial score (nSPS) is 12.8. The lowest BCUT2D eigenvalue weighted by molar-refractivity contribution is 1.17. The van der Waals surface area contributed by atoms with E-state index >= 15 is 0 Å². The van der Waals surface area contributed by atoms with Crippen LogP contribution in [0.4, 0.5) is 34.1 Å². The second-order valence-electron chi connectivity index (χ2n) is 12.8. The Morgan fingerprint density at radius 3 is 1.71 bits per heavy atom. The molecular formula is C45H30BN3. The summed E-state index contributed by atoms with van der Waals surface area (Å²) in [5.41, 5.74) is 16.5. The molecule has 3 heterocycles. The van der Waals surface area contributed by atoms with E-state index in [9.17, 15) is 0 Å². The maximum atomic E-state index is 5.15. The minimum absolute atomic E-state index is 0.136. The van der Waals surface area contributed by atoms with Crippen LogP contribution in [0.3, 0.4) is 0 Å². The molecule has 8 aromatic rings. The van der Waals surface area contributed by atoms with E-state index in [-0.39, 0.29) is 6.71 Å². The predicted molar refractivity (Wildman–Crippen MR) is 207 cm³/mol. The fourth-order valence-corrected chi connectivity index (χ4v) is 7.84. The minimum Gasteiger partial charge on any atom is -0.306 e. The van der Waals surface area contributed by atoms with E-state index in [1.807, 2.05) is 0 Å². The van der Waals surface area contributed by atoms with Crippen molar-refractivity contribution in [3.63, 3.8) is 0 Å². The lowest BCUT2D eigenvalue weighted by Crippen LogP contribution is -2.48. The third-order valence-electron chi connectivity index (χ3n) is 10.0. The van der Waals surface area contributed by atoms with E-state index in [4.69, 9.17) is 4.98 Å². The summed E-state index contributed by atoms with van der Waals surface area (Å²) in [6, 6.07) is 65.6. The molecule has 2 aliphatic rings. The smallest absolute Gasteiger partial charge is 0.244 e. The molecule has 0 N–H and O–H groups in total. The van der Waals surface area contributed by atoms with Crippen LogP contribution >= 0.6 is 0 Å². The monoisotopic (exact) mass is 623 g/mol. The summed E-state index contributed by atoms with van der Waals surface area (Å²) in [7, 11) is 0. The summed E-state index contributed by atoms with van der Waals surface area (Å²) >= 11 is 0. The summed E-state index contributed by atoms with van der Waals surface area (Å²) in [4.78, 5) is 9.90. The predicted octanol–water partition coefficient (Wildman–Crippen LogP) is 9.65. The molecule has 2 aliphatic heterocycles. The van der Waals surface area contributed by atoms with Crippen molar-refractivity contribution in [1.82, 2.24) is 4.98 Å². The van der Waals surface area contributed by atoms with Crippen LogP contribution in [0.1, 0.15) is 0 Å². The first kappa shape index (κ1) is 27.7. The molecule has 0 unspecified atom stereocenters. The van der Waals surface area contributed by atoms with E-state index < -0.39 is 0 Å². The molecule has 49 heavy (non-hydrogen) atoms. The zero-order chi connectivity index (χ0) is 32.3. The first-order chi connectivity index (χ1) is 24.3. The van der Waals surface area contributed by atoms with Crippen LogP contribution in [0, 0.1) is 0 Å². The number of para-hydroxylation sites is 6. The van der Waals surface area contributed by atoms with E-state index in [0.717, 1.165) is 45.3 Å². The fourth-order valence-electron chi connectivity index (χ4n) is 7.84. The molecule has 0 spiro atoms. The largest absolute Gasteiger partial charge is 0.306 e. The van der Waals surface area contributed by atoms with Gasteiger partial charge in [-0.15, -0.1) is 0 Å². The molecule has 0 atom stereocenters. The SMILES string of the molecule is c1ccc(N2c3ccccc3N(c3ccc(-c4cccc(B5c6ccccc6-c6nc7ccccc7cc65)c4)cc3)c3ccccc32)cc1. The number of aromatic nitrogens is 1. The van der Waals surface area contributed by atoms with Gasteiger partial charge in [-0.2, -0.15) is 0 Å². The van der Waals surface area contributed by atoms with Gasteiger partial charge in [-0.25, -0.2) is 4.98 Å². The van der Waals surface area contributed by atoms with Gasteiger partial charge in [0.1, 0.15) is 0 Å². The summed E-state index contributed by atoms with van der Waals surface area (Å²) in [6.07, 6.45) is 0. The fraction of sp³-hybridized carbons (Fsp3) is 0. The van der Waals surface area contributed by atoms with Crippen LogP contribution in [-0.4, -0.2) is 11.7 Å². The average molecular weight is 624 g/mol. The number of benzene rings is 7. The second kappa shape index (κ2) is 11.1. The van der Waals surface area contributed by atoms with Crippen molar-refractivity contribution in [2.24, 2.45) is 0 Å². The standard InChI is InChI=1S/C45H30BN3/c1-2-16-35(17-3-1)48-41-21-8-10-23-43(41)49(44-24-11-9-22-42(44)48)36-27-25-31(26-28-36)32-14-12-15-34(29-32)46-38-19-6-5-18-37(38)45-39(46)30-33-13-4-7-20-40(33)47-45/h1-30H. The number of pyridine rings is 1. The molecular weight excluding hydrogens is 593 g/mol. The van der Waals surface area contributed by atoms with Crippen molar-refractivity contribution >= 4 is 68.1 Å². The molecule has 0 saturated heterocycles. The first-order valence-electron chi connectivity index (χ1n) is 16.8. The van der Waals surface area contributed by atoms with Crippen LogP contribution in [0.15, 0.2) is 182 Å². The Kier molecular flexibility index (Phi) is 6.28. The highest BCUT2D eigenvalue weighted by molar-refractivity contribution is 6.99. The molecule has 3 nitrogen and oxygen atoms in total. The Balaban J connectivity index is 1.04. The molecule has 0 amide bonds. The Morgan fingerprint density at radius 1 is 0.408 bits per heavy atom. The number of rotatable bonds is 4. The van der Waals surface area contributed by atoms with Gasteiger partial charge in [0.05, 0.1) is 34.0 Å². The van der Waals surface area contributed by atoms with Crippen LogP contribution < -0.4 is 26.2 Å². The van der Waals surface area contributed by atoms with Crippen molar-refractivity contribution in [2.45, 2.75) is 0 Å². The lowest BCUT2D eigenvalue weighted by Gasteiger charge is -2.40. The van der Waals surface area contributed by atoms with Crippen LogP contribution in [0.25, 0.3) is 33.3 Å². The molecule has 1 aromatic heterocycles. The minimum atomic E-state index is 0.136. The summed E-state index contributed by atoms with van der Waals surface area (Å²) in [5, 5.41) is 1.18. The molecule has 0 saturated carbocycles. The maximum Gasteiger partial charge on any atom is 0.244 e. The molecule has 4 heteroatoms. The average Bonchev–Trinajstić information content (AvgIpc) is 3.49. The van der Waals surface area contributed by atoms with E-state index in [1.165, 1.54) is 38.5 Å². The number of anilines is 6. The van der Waals surface area contributed by atoms with Gasteiger partial charge >= 0.3 is 0 Å². The molecule has 0 bridgehead atoms. The maximum absolute atomic E-state index is 5.15. The van der Waals surface area contributed by atoms with E-state index in [2.05, 4.69) is 192 Å². The van der Waals surface area contributed by atoms with Gasteiger partial charge in [-0.05, 0) is 82.1 Å². The number of fused-ring (bicyclic) bond motifs is 6. The highest BCUT2D eigenvalue weighted by Gasteiger charge is 2.35. The van der Waals surface area contributed by atoms with Crippen molar-refractivity contribution in [3.8, 4) is 22.4 Å². The molecule has 7 aromatic carbocycles. The van der Waals surface area contributed by atoms with Crippen molar-refractivity contribution in [3.05, 3.63) is 182 Å². The highest BCUT2D eigenvalue weighted by Crippen LogP contribution is 2.53. The summed E-state index contributed by atoms with van der Waals surface area (Å²) < 4.78 is 0. The molecule has 10 rings (SSSR count). The van der Waals surface area contributed by atoms with Crippen molar-refractivity contribution in [2.75, 3.05) is 9.80 Å². The molecule has 0 fully saturated rings. The lowest BCUT2D eigenvalue weighted by atomic mass is 9.39. The van der Waals surface area contributed by atoms with Crippen LogP contribution in [0.5, 0.6) is 0 Å². The van der Waals surface area contributed by atoms with Crippen LogP contribution in [-0.2, 0) is 0 Å². The molecule has 0 aliphatic carbocycles. The number of hydrogen-bond acceptors (Lipinski definition) is 3. The molecule has 0 radical (unpaired) electrons. The van der Waals surface area contributed by atoms with Gasteiger partial charge in [-0.3, -0.25) is 0 Å². The topological polar surface area (TPSA) is 19.4 Å². The van der Waals surface area contributed by atoms with Gasteiger partial charge in [0.25, 0.3) is 0 Å². The van der Waals surface area contributed by atoms with Gasteiger partial charge in [0, 0.05) is 11.4 Å². The number of nitrogens with zero attached hydrogens (tertiary/aromatic N) is 3. The molecule has 228 valence electrons. The van der Waals surface area contributed by atoms with Crippen molar-refractivity contribution < 1.29 is 0 Å². The van der Waals surface area contributed by atoms with Gasteiger partial charge in [0.2, 0.25) is 6.71 Å². The van der Waals surface area contributed by atoms with E-state index in [1.54, 1.807) is 0 Å². The Bertz CT molecular complexity index is 2480. The zero-order valence-corrected chi connectivity index (χ0v) is 26.7. The second-order valence-corrected chi connectivity index (χ2v) is 12.8. The Morgan fingerprint density at radius 2 is 1.00 bits per heavy atom.